The highest BCUT2D eigenvalue weighted by Gasteiger charge is 2.09. The Bertz CT molecular complexity index is 1110. The highest BCUT2D eigenvalue weighted by atomic mass is 16.3. The maximum Gasteiger partial charge on any atom is 0.271 e. The summed E-state index contributed by atoms with van der Waals surface area (Å²) in [6, 6.07) is 19.1. The Labute approximate surface area is 155 Å². The number of aryl methyl sites for hydroxylation is 1. The van der Waals surface area contributed by atoms with Crippen molar-refractivity contribution in [2.45, 2.75) is 13.3 Å². The molecule has 6 nitrogen and oxygen atoms in total. The Morgan fingerprint density at radius 3 is 2.81 bits per heavy atom. The van der Waals surface area contributed by atoms with Crippen LogP contribution in [-0.4, -0.2) is 22.1 Å². The molecule has 0 saturated heterocycles. The molecule has 2 N–H and O–H groups in total. The third-order valence-corrected chi connectivity index (χ3v) is 4.13. The van der Waals surface area contributed by atoms with Crippen LogP contribution in [0, 0.1) is 6.92 Å². The molecule has 2 heterocycles. The van der Waals surface area contributed by atoms with E-state index in [4.69, 9.17) is 4.42 Å². The summed E-state index contributed by atoms with van der Waals surface area (Å²) in [5, 5.41) is 3.93. The second kappa shape index (κ2) is 7.29. The van der Waals surface area contributed by atoms with Gasteiger partial charge in [0, 0.05) is 12.0 Å². The molecule has 6 heteroatoms. The lowest BCUT2D eigenvalue weighted by Gasteiger charge is -1.99. The summed E-state index contributed by atoms with van der Waals surface area (Å²) in [5.41, 5.74) is 5.83. The lowest BCUT2D eigenvalue weighted by atomic mass is 10.1. The van der Waals surface area contributed by atoms with Gasteiger partial charge < -0.3 is 9.40 Å². The number of hydrazone groups is 1. The second-order valence-corrected chi connectivity index (χ2v) is 6.23. The van der Waals surface area contributed by atoms with Crippen LogP contribution < -0.4 is 5.43 Å². The van der Waals surface area contributed by atoms with Crippen molar-refractivity contribution in [2.24, 2.45) is 5.10 Å². The lowest BCUT2D eigenvalue weighted by Crippen LogP contribution is -2.17. The topological polar surface area (TPSA) is 83.3 Å². The molecule has 134 valence electrons. The minimum absolute atomic E-state index is 0.296. The number of nitrogens with one attached hydrogen (secondary N) is 2. The van der Waals surface area contributed by atoms with Gasteiger partial charge in [0.2, 0.25) is 0 Å². The van der Waals surface area contributed by atoms with Crippen molar-refractivity contribution in [3.8, 4) is 0 Å². The molecule has 0 bridgehead atoms. The van der Waals surface area contributed by atoms with E-state index < -0.39 is 0 Å². The third-order valence-electron chi connectivity index (χ3n) is 4.13. The summed E-state index contributed by atoms with van der Waals surface area (Å²) in [6.45, 7) is 1.85. The fraction of sp³-hybridized carbons (Fsp3) is 0.0952. The third kappa shape index (κ3) is 3.95. The Balaban J connectivity index is 1.47. The van der Waals surface area contributed by atoms with Crippen LogP contribution in [0.4, 0.5) is 0 Å². The van der Waals surface area contributed by atoms with E-state index in [9.17, 15) is 4.79 Å². The molecule has 0 spiro atoms. The molecule has 27 heavy (non-hydrogen) atoms. The Kier molecular flexibility index (Phi) is 4.53. The number of imidazole rings is 1. The van der Waals surface area contributed by atoms with E-state index >= 15 is 0 Å². The van der Waals surface area contributed by atoms with Crippen molar-refractivity contribution >= 4 is 23.2 Å². The van der Waals surface area contributed by atoms with E-state index in [0.29, 0.717) is 17.7 Å². The highest BCUT2D eigenvalue weighted by molar-refractivity contribution is 5.97. The van der Waals surface area contributed by atoms with Crippen molar-refractivity contribution in [1.82, 2.24) is 15.4 Å². The van der Waals surface area contributed by atoms with Gasteiger partial charge in [-0.3, -0.25) is 4.79 Å². The summed E-state index contributed by atoms with van der Waals surface area (Å²) in [5.74, 6) is 1.94. The van der Waals surface area contributed by atoms with E-state index in [1.165, 1.54) is 11.8 Å². The van der Waals surface area contributed by atoms with Crippen LogP contribution in [-0.2, 0) is 6.42 Å². The second-order valence-electron chi connectivity index (χ2n) is 6.23. The standard InChI is InChI=1S/C21H18N4O2/c1-14-7-9-17(27-14)13-22-25-21(26)16-8-10-18-19(12-16)24-20(23-18)11-15-5-3-2-4-6-15/h2-10,12-13H,11H2,1H3,(H,23,24)(H,25,26)/b22-13-. The van der Waals surface area contributed by atoms with Gasteiger partial charge in [-0.25, -0.2) is 10.4 Å². The van der Waals surface area contributed by atoms with Crippen LogP contribution in [0.15, 0.2) is 70.2 Å². The Morgan fingerprint density at radius 1 is 1.19 bits per heavy atom. The number of rotatable bonds is 5. The average molecular weight is 358 g/mol. The average Bonchev–Trinajstić information content (AvgIpc) is 3.27. The van der Waals surface area contributed by atoms with Crippen molar-refractivity contribution in [3.05, 3.63) is 89.1 Å². The molecule has 0 unspecified atom stereocenters. The number of aromatic amines is 1. The summed E-state index contributed by atoms with van der Waals surface area (Å²) < 4.78 is 5.37. The number of amides is 1. The normalized spacial score (nSPS) is 11.3. The first-order valence-electron chi connectivity index (χ1n) is 8.60. The van der Waals surface area contributed by atoms with Crippen LogP contribution in [0.3, 0.4) is 0 Å². The number of H-pyrrole nitrogens is 1. The monoisotopic (exact) mass is 358 g/mol. The molecule has 1 amide bonds. The quantitative estimate of drug-likeness (QED) is 0.420. The zero-order chi connectivity index (χ0) is 18.6. The fourth-order valence-corrected chi connectivity index (χ4v) is 2.82. The highest BCUT2D eigenvalue weighted by Crippen LogP contribution is 2.16. The van der Waals surface area contributed by atoms with Crippen LogP contribution in [0.5, 0.6) is 0 Å². The van der Waals surface area contributed by atoms with Gasteiger partial charge in [-0.05, 0) is 42.8 Å². The predicted octanol–water partition coefficient (Wildman–Crippen LogP) is 3.82. The van der Waals surface area contributed by atoms with E-state index in [0.717, 1.165) is 22.6 Å². The van der Waals surface area contributed by atoms with Crippen molar-refractivity contribution in [3.63, 3.8) is 0 Å². The molecule has 4 aromatic rings. The maximum absolute atomic E-state index is 12.3. The van der Waals surface area contributed by atoms with Gasteiger partial charge in [0.15, 0.2) is 0 Å². The molecule has 0 aliphatic rings. The Hall–Kier alpha value is -3.67. The molecule has 4 rings (SSSR count). The Morgan fingerprint density at radius 2 is 2.04 bits per heavy atom. The van der Waals surface area contributed by atoms with Crippen LogP contribution in [0.2, 0.25) is 0 Å². The van der Waals surface area contributed by atoms with Crippen LogP contribution in [0.1, 0.15) is 33.3 Å². The zero-order valence-electron chi connectivity index (χ0n) is 14.8. The van der Waals surface area contributed by atoms with Crippen molar-refractivity contribution in [2.75, 3.05) is 0 Å². The van der Waals surface area contributed by atoms with E-state index in [2.05, 4.69) is 32.6 Å². The number of furan rings is 1. The van der Waals surface area contributed by atoms with Gasteiger partial charge in [-0.15, -0.1) is 0 Å². The molecule has 0 radical (unpaired) electrons. The van der Waals surface area contributed by atoms with Gasteiger partial charge in [-0.2, -0.15) is 5.10 Å². The summed E-state index contributed by atoms with van der Waals surface area (Å²) in [4.78, 5) is 20.2. The SMILES string of the molecule is Cc1ccc(/C=N\NC(=O)c2ccc3nc(Cc4ccccc4)[nH]c3c2)o1. The molecular weight excluding hydrogens is 340 g/mol. The van der Waals surface area contributed by atoms with Gasteiger partial charge >= 0.3 is 0 Å². The fourth-order valence-electron chi connectivity index (χ4n) is 2.82. The zero-order valence-corrected chi connectivity index (χ0v) is 14.8. The first kappa shape index (κ1) is 16.8. The number of carbonyl (C=O) groups excluding carboxylic acids is 1. The minimum atomic E-state index is -0.296. The molecular formula is C21H18N4O2. The predicted molar refractivity (Wildman–Crippen MR) is 104 cm³/mol. The van der Waals surface area contributed by atoms with Crippen molar-refractivity contribution in [1.29, 1.82) is 0 Å². The first-order valence-corrected chi connectivity index (χ1v) is 8.60. The number of benzene rings is 2. The number of hydrogen-bond donors (Lipinski definition) is 2. The lowest BCUT2D eigenvalue weighted by molar-refractivity contribution is 0.0955. The van der Waals surface area contributed by atoms with Gasteiger partial charge in [-0.1, -0.05) is 30.3 Å². The van der Waals surface area contributed by atoms with Crippen molar-refractivity contribution < 1.29 is 9.21 Å². The van der Waals surface area contributed by atoms with Gasteiger partial charge in [0.1, 0.15) is 17.3 Å². The summed E-state index contributed by atoms with van der Waals surface area (Å²) in [6.07, 6.45) is 2.18. The van der Waals surface area contributed by atoms with Gasteiger partial charge in [0.25, 0.3) is 5.91 Å². The molecule has 2 aromatic heterocycles. The molecule has 0 saturated carbocycles. The van der Waals surface area contributed by atoms with Crippen LogP contribution >= 0.6 is 0 Å². The van der Waals surface area contributed by atoms with Gasteiger partial charge in [0.05, 0.1) is 17.2 Å². The number of hydrogen-bond acceptors (Lipinski definition) is 4. The largest absolute Gasteiger partial charge is 0.460 e. The van der Waals surface area contributed by atoms with E-state index in [1.54, 1.807) is 18.2 Å². The number of nitrogens with zero attached hydrogens (tertiary/aromatic N) is 2. The van der Waals surface area contributed by atoms with E-state index in [1.807, 2.05) is 37.3 Å². The molecule has 2 aromatic carbocycles. The molecule has 0 atom stereocenters. The number of carbonyl (C=O) groups is 1. The molecule has 0 aliphatic heterocycles. The summed E-state index contributed by atoms with van der Waals surface area (Å²) in [7, 11) is 0. The first-order chi connectivity index (χ1) is 13.2. The molecule has 0 aliphatic carbocycles. The van der Waals surface area contributed by atoms with Crippen LogP contribution in [0.25, 0.3) is 11.0 Å². The number of aromatic nitrogens is 2. The summed E-state index contributed by atoms with van der Waals surface area (Å²) >= 11 is 0. The maximum atomic E-state index is 12.3. The smallest absolute Gasteiger partial charge is 0.271 e. The number of fused-ring (bicyclic) bond motifs is 1. The molecule has 0 fully saturated rings. The minimum Gasteiger partial charge on any atom is -0.460 e. The van der Waals surface area contributed by atoms with E-state index in [-0.39, 0.29) is 5.91 Å².